The molecule has 0 aliphatic heterocycles. The van der Waals surface area contributed by atoms with Gasteiger partial charge in [0.15, 0.2) is 5.41 Å². The fourth-order valence-electron chi connectivity index (χ4n) is 3.94. The van der Waals surface area contributed by atoms with Gasteiger partial charge in [-0.05, 0) is 38.5 Å². The van der Waals surface area contributed by atoms with Gasteiger partial charge in [-0.15, -0.1) is 6.58 Å². The van der Waals surface area contributed by atoms with E-state index in [4.69, 9.17) is 9.47 Å². The minimum atomic E-state index is -1.19. The summed E-state index contributed by atoms with van der Waals surface area (Å²) in [5, 5.41) is 0. The zero-order valence-electron chi connectivity index (χ0n) is 16.6. The Morgan fingerprint density at radius 2 is 1.62 bits per heavy atom. The Morgan fingerprint density at radius 1 is 1.04 bits per heavy atom. The van der Waals surface area contributed by atoms with Crippen molar-refractivity contribution in [2.75, 3.05) is 14.2 Å². The Bertz CT molecular complexity index is 451. The van der Waals surface area contributed by atoms with Crippen molar-refractivity contribution in [2.24, 2.45) is 11.3 Å². The van der Waals surface area contributed by atoms with Gasteiger partial charge in [-0.3, -0.25) is 9.59 Å². The van der Waals surface area contributed by atoms with E-state index in [-0.39, 0.29) is 5.92 Å². The molecule has 0 amide bonds. The number of carbonyl (C=O) groups excluding carboxylic acids is 2. The third-order valence-corrected chi connectivity index (χ3v) is 5.47. The molecule has 0 heterocycles. The van der Waals surface area contributed by atoms with Crippen molar-refractivity contribution in [3.8, 4) is 0 Å². The average molecular weight is 365 g/mol. The Kier molecular flexibility index (Phi) is 11.0. The number of methoxy groups -OCH3 is 2. The molecule has 0 spiro atoms. The van der Waals surface area contributed by atoms with Gasteiger partial charge in [-0.25, -0.2) is 0 Å². The van der Waals surface area contributed by atoms with E-state index < -0.39 is 17.4 Å². The number of unbranched alkanes of at least 4 members (excludes halogenated alkanes) is 7. The average Bonchev–Trinajstić information content (AvgIpc) is 2.69. The SMILES string of the molecule is C=CCCCCCCCCCC(C(=O)OC)(C(=O)OC)C1C=CCCC1. The summed E-state index contributed by atoms with van der Waals surface area (Å²) in [4.78, 5) is 25.3. The second-order valence-corrected chi connectivity index (χ2v) is 7.22. The zero-order chi connectivity index (χ0) is 19.3. The molecule has 4 nitrogen and oxygen atoms in total. The summed E-state index contributed by atoms with van der Waals surface area (Å²) >= 11 is 0. The van der Waals surface area contributed by atoms with Crippen LogP contribution in [0.4, 0.5) is 0 Å². The van der Waals surface area contributed by atoms with Crippen LogP contribution >= 0.6 is 0 Å². The van der Waals surface area contributed by atoms with Crippen molar-refractivity contribution in [1.29, 1.82) is 0 Å². The lowest BCUT2D eigenvalue weighted by molar-refractivity contribution is -0.173. The summed E-state index contributed by atoms with van der Waals surface area (Å²) in [6.45, 7) is 3.74. The first kappa shape index (κ1) is 22.5. The van der Waals surface area contributed by atoms with E-state index in [2.05, 4.69) is 12.7 Å². The van der Waals surface area contributed by atoms with Crippen molar-refractivity contribution in [3.05, 3.63) is 24.8 Å². The topological polar surface area (TPSA) is 52.6 Å². The number of hydrogen-bond acceptors (Lipinski definition) is 4. The molecule has 0 fully saturated rings. The van der Waals surface area contributed by atoms with Crippen LogP contribution in [0.1, 0.15) is 77.0 Å². The monoisotopic (exact) mass is 364 g/mol. The highest BCUT2D eigenvalue weighted by Gasteiger charge is 2.53. The first-order valence-electron chi connectivity index (χ1n) is 10.1. The maximum absolute atomic E-state index is 12.6. The summed E-state index contributed by atoms with van der Waals surface area (Å²) in [5.41, 5.74) is -1.19. The fourth-order valence-corrected chi connectivity index (χ4v) is 3.94. The molecule has 0 saturated carbocycles. The van der Waals surface area contributed by atoms with Gasteiger partial charge in [0.25, 0.3) is 0 Å². The molecule has 0 aromatic heterocycles. The van der Waals surface area contributed by atoms with E-state index in [1.54, 1.807) is 0 Å². The molecule has 1 unspecified atom stereocenters. The quantitative estimate of drug-likeness (QED) is 0.191. The third-order valence-electron chi connectivity index (χ3n) is 5.47. The number of rotatable bonds is 13. The molecular weight excluding hydrogens is 328 g/mol. The lowest BCUT2D eigenvalue weighted by Crippen LogP contribution is -2.47. The molecule has 0 bridgehead atoms. The standard InChI is InChI=1S/C22H36O4/c1-4-5-6-7-8-9-10-11-15-18-22(20(23)25-2,21(24)26-3)19-16-13-12-14-17-19/h4,13,16,19H,1,5-12,14-15,17-18H2,2-3H3. The predicted molar refractivity (Wildman–Crippen MR) is 105 cm³/mol. The molecule has 0 N–H and O–H groups in total. The molecule has 26 heavy (non-hydrogen) atoms. The van der Waals surface area contributed by atoms with Crippen LogP contribution in [0.2, 0.25) is 0 Å². The summed E-state index contributed by atoms with van der Waals surface area (Å²) in [5.74, 6) is -1.04. The van der Waals surface area contributed by atoms with Gasteiger partial charge in [0.05, 0.1) is 14.2 Å². The first-order valence-corrected chi connectivity index (χ1v) is 10.1. The normalized spacial score (nSPS) is 16.9. The lowest BCUT2D eigenvalue weighted by Gasteiger charge is -2.35. The molecule has 0 aromatic carbocycles. The van der Waals surface area contributed by atoms with Crippen molar-refractivity contribution in [2.45, 2.75) is 77.0 Å². The van der Waals surface area contributed by atoms with Crippen LogP contribution in [0.3, 0.4) is 0 Å². The largest absolute Gasteiger partial charge is 0.468 e. The van der Waals surface area contributed by atoms with Crippen molar-refractivity contribution < 1.29 is 19.1 Å². The smallest absolute Gasteiger partial charge is 0.323 e. The van der Waals surface area contributed by atoms with Crippen LogP contribution in [-0.4, -0.2) is 26.2 Å². The molecular formula is C22H36O4. The second-order valence-electron chi connectivity index (χ2n) is 7.22. The molecule has 0 saturated heterocycles. The summed E-state index contributed by atoms with van der Waals surface area (Å²) < 4.78 is 10.1. The Hall–Kier alpha value is -1.58. The molecule has 1 rings (SSSR count). The lowest BCUT2D eigenvalue weighted by atomic mass is 9.68. The minimum absolute atomic E-state index is 0.130. The Balaban J connectivity index is 2.60. The van der Waals surface area contributed by atoms with Gasteiger partial charge in [0.2, 0.25) is 0 Å². The maximum atomic E-state index is 12.6. The molecule has 1 aliphatic rings. The van der Waals surface area contributed by atoms with Gasteiger partial charge in [0.1, 0.15) is 0 Å². The van der Waals surface area contributed by atoms with Crippen LogP contribution in [-0.2, 0) is 19.1 Å². The zero-order valence-corrected chi connectivity index (χ0v) is 16.6. The molecule has 0 aromatic rings. The fraction of sp³-hybridized carbons (Fsp3) is 0.727. The van der Waals surface area contributed by atoms with E-state index in [1.165, 1.54) is 39.9 Å². The highest BCUT2D eigenvalue weighted by Crippen LogP contribution is 2.42. The Labute approximate surface area is 159 Å². The first-order chi connectivity index (χ1) is 12.6. The van der Waals surface area contributed by atoms with Crippen molar-refractivity contribution >= 4 is 11.9 Å². The summed E-state index contributed by atoms with van der Waals surface area (Å²) in [7, 11) is 2.71. The van der Waals surface area contributed by atoms with Crippen LogP contribution in [0.15, 0.2) is 24.8 Å². The van der Waals surface area contributed by atoms with E-state index in [0.29, 0.717) is 6.42 Å². The number of allylic oxidation sites excluding steroid dienone is 3. The van der Waals surface area contributed by atoms with Crippen molar-refractivity contribution in [1.82, 2.24) is 0 Å². The third kappa shape index (κ3) is 6.30. The second kappa shape index (κ2) is 12.7. The van der Waals surface area contributed by atoms with Gasteiger partial charge < -0.3 is 9.47 Å². The highest BCUT2D eigenvalue weighted by atomic mass is 16.5. The molecule has 1 aliphatic carbocycles. The van der Waals surface area contributed by atoms with E-state index >= 15 is 0 Å². The molecule has 4 heteroatoms. The van der Waals surface area contributed by atoms with E-state index in [9.17, 15) is 9.59 Å². The number of hydrogen-bond donors (Lipinski definition) is 0. The number of carbonyl (C=O) groups is 2. The van der Waals surface area contributed by atoms with E-state index in [0.717, 1.165) is 44.9 Å². The Morgan fingerprint density at radius 3 is 2.12 bits per heavy atom. The predicted octanol–water partition coefficient (Wildman–Crippen LogP) is 5.37. The summed E-state index contributed by atoms with van der Waals surface area (Å²) in [6, 6.07) is 0. The van der Waals surface area contributed by atoms with Gasteiger partial charge in [0, 0.05) is 5.92 Å². The van der Waals surface area contributed by atoms with Gasteiger partial charge in [-0.2, -0.15) is 0 Å². The maximum Gasteiger partial charge on any atom is 0.323 e. The van der Waals surface area contributed by atoms with Crippen LogP contribution in [0.25, 0.3) is 0 Å². The van der Waals surface area contributed by atoms with Crippen molar-refractivity contribution in [3.63, 3.8) is 0 Å². The highest BCUT2D eigenvalue weighted by molar-refractivity contribution is 6.00. The van der Waals surface area contributed by atoms with E-state index in [1.807, 2.05) is 12.2 Å². The van der Waals surface area contributed by atoms with Crippen LogP contribution in [0.5, 0.6) is 0 Å². The molecule has 148 valence electrons. The molecule has 1 atom stereocenters. The summed E-state index contributed by atoms with van der Waals surface area (Å²) in [6.07, 6.45) is 18.3. The minimum Gasteiger partial charge on any atom is -0.468 e. The van der Waals surface area contributed by atoms with Gasteiger partial charge in [-0.1, -0.05) is 56.8 Å². The molecule has 0 radical (unpaired) electrons. The van der Waals surface area contributed by atoms with Crippen LogP contribution in [0, 0.1) is 11.3 Å². The van der Waals surface area contributed by atoms with Crippen LogP contribution < -0.4 is 0 Å². The number of ether oxygens (including phenoxy) is 2. The number of esters is 2. The van der Waals surface area contributed by atoms with Gasteiger partial charge >= 0.3 is 11.9 Å².